The van der Waals surface area contributed by atoms with Crippen LogP contribution in [0.2, 0.25) is 0 Å². The maximum atomic E-state index is 11.5. The molecule has 3 nitrogen and oxygen atoms in total. The lowest BCUT2D eigenvalue weighted by Gasteiger charge is -2.03. The van der Waals surface area contributed by atoms with E-state index in [9.17, 15) is 4.79 Å². The van der Waals surface area contributed by atoms with Gasteiger partial charge in [0.2, 0.25) is 0 Å². The number of Topliss-reactive ketones (excluding diaryl/α,β-unsaturated/α-hetero) is 1. The summed E-state index contributed by atoms with van der Waals surface area (Å²) in [6.45, 7) is 3.92. The Balaban J connectivity index is 2.56. The van der Waals surface area contributed by atoms with Gasteiger partial charge in [-0.05, 0) is 11.6 Å². The number of carbonyl (C=O) groups is 1. The Labute approximate surface area is 95.0 Å². The molecule has 0 saturated heterocycles. The van der Waals surface area contributed by atoms with Crippen LogP contribution in [0.5, 0.6) is 0 Å². The molecule has 0 fully saturated rings. The number of carbonyl (C=O) groups excluding carboxylic acids is 1. The van der Waals surface area contributed by atoms with Gasteiger partial charge in [-0.25, -0.2) is 0 Å². The quantitative estimate of drug-likeness (QED) is 0.537. The number of rotatable bonds is 6. The van der Waals surface area contributed by atoms with E-state index in [1.807, 2.05) is 6.07 Å². The van der Waals surface area contributed by atoms with Gasteiger partial charge in [-0.2, -0.15) is 5.26 Å². The van der Waals surface area contributed by atoms with Gasteiger partial charge in [0.05, 0.1) is 18.2 Å². The minimum atomic E-state index is -0.0375. The SMILES string of the molecule is C=CCOCC(=O)Cc1ccccc1C#N. The van der Waals surface area contributed by atoms with Crippen molar-refractivity contribution in [2.75, 3.05) is 13.2 Å². The van der Waals surface area contributed by atoms with E-state index in [0.29, 0.717) is 12.2 Å². The van der Waals surface area contributed by atoms with Gasteiger partial charge in [-0.15, -0.1) is 6.58 Å². The number of hydrogen-bond donors (Lipinski definition) is 0. The summed E-state index contributed by atoms with van der Waals surface area (Å²) in [4.78, 5) is 11.5. The Morgan fingerprint density at radius 1 is 1.50 bits per heavy atom. The number of ether oxygens (including phenoxy) is 1. The van der Waals surface area contributed by atoms with E-state index in [2.05, 4.69) is 12.6 Å². The molecule has 0 aliphatic heterocycles. The molecule has 0 atom stereocenters. The lowest BCUT2D eigenvalue weighted by atomic mass is 10.0. The first kappa shape index (κ1) is 12.2. The third-order valence-electron chi connectivity index (χ3n) is 2.02. The Morgan fingerprint density at radius 3 is 2.94 bits per heavy atom. The van der Waals surface area contributed by atoms with Crippen LogP contribution in [-0.4, -0.2) is 19.0 Å². The summed E-state index contributed by atoms with van der Waals surface area (Å²) >= 11 is 0. The zero-order valence-corrected chi connectivity index (χ0v) is 8.98. The zero-order valence-electron chi connectivity index (χ0n) is 8.98. The van der Waals surface area contributed by atoms with Crippen LogP contribution in [0.1, 0.15) is 11.1 Å². The van der Waals surface area contributed by atoms with E-state index < -0.39 is 0 Å². The normalized spacial score (nSPS) is 9.44. The number of nitriles is 1. The van der Waals surface area contributed by atoms with Crippen molar-refractivity contribution in [2.45, 2.75) is 6.42 Å². The first-order valence-electron chi connectivity index (χ1n) is 4.96. The van der Waals surface area contributed by atoms with E-state index in [-0.39, 0.29) is 18.8 Å². The number of benzene rings is 1. The first-order valence-corrected chi connectivity index (χ1v) is 4.96. The van der Waals surface area contributed by atoms with Crippen LogP contribution in [0.15, 0.2) is 36.9 Å². The molecular formula is C13H13NO2. The van der Waals surface area contributed by atoms with Crippen LogP contribution in [0.4, 0.5) is 0 Å². The molecule has 1 aromatic rings. The molecule has 0 aliphatic carbocycles. The minimum Gasteiger partial charge on any atom is -0.370 e. The van der Waals surface area contributed by atoms with Crippen molar-refractivity contribution < 1.29 is 9.53 Å². The standard InChI is InChI=1S/C13H13NO2/c1-2-7-16-10-13(15)8-11-5-3-4-6-12(11)9-14/h2-6H,1,7-8,10H2. The summed E-state index contributed by atoms with van der Waals surface area (Å²) in [7, 11) is 0. The highest BCUT2D eigenvalue weighted by molar-refractivity contribution is 5.82. The summed E-state index contributed by atoms with van der Waals surface area (Å²) in [5, 5.41) is 8.84. The highest BCUT2D eigenvalue weighted by Gasteiger charge is 2.07. The predicted octanol–water partition coefficient (Wildman–Crippen LogP) is 1.87. The molecule has 0 radical (unpaired) electrons. The average molecular weight is 215 g/mol. The Kier molecular flexibility index (Phi) is 4.97. The smallest absolute Gasteiger partial charge is 0.162 e. The van der Waals surface area contributed by atoms with Crippen molar-refractivity contribution in [3.8, 4) is 6.07 Å². The van der Waals surface area contributed by atoms with E-state index in [0.717, 1.165) is 5.56 Å². The molecule has 0 bridgehead atoms. The predicted molar refractivity (Wildman–Crippen MR) is 60.9 cm³/mol. The molecule has 0 unspecified atom stereocenters. The van der Waals surface area contributed by atoms with Gasteiger partial charge in [0, 0.05) is 6.42 Å². The third kappa shape index (κ3) is 3.68. The molecule has 0 aromatic heterocycles. The lowest BCUT2D eigenvalue weighted by molar-refractivity contribution is -0.122. The van der Waals surface area contributed by atoms with E-state index in [4.69, 9.17) is 10.00 Å². The molecule has 0 N–H and O–H groups in total. The Bertz CT molecular complexity index is 418. The summed E-state index contributed by atoms with van der Waals surface area (Å²) in [5.74, 6) is -0.0375. The second-order valence-electron chi connectivity index (χ2n) is 3.29. The average Bonchev–Trinajstić information content (AvgIpc) is 2.30. The summed E-state index contributed by atoms with van der Waals surface area (Å²) in [6.07, 6.45) is 1.83. The molecule has 16 heavy (non-hydrogen) atoms. The molecule has 3 heteroatoms. The number of ketones is 1. The van der Waals surface area contributed by atoms with E-state index in [1.165, 1.54) is 0 Å². The monoisotopic (exact) mass is 215 g/mol. The summed E-state index contributed by atoms with van der Waals surface area (Å²) in [5.41, 5.74) is 1.29. The Morgan fingerprint density at radius 2 is 2.25 bits per heavy atom. The van der Waals surface area contributed by atoms with Crippen molar-refractivity contribution in [3.63, 3.8) is 0 Å². The molecule has 1 aromatic carbocycles. The van der Waals surface area contributed by atoms with Crippen LogP contribution >= 0.6 is 0 Å². The fourth-order valence-corrected chi connectivity index (χ4v) is 1.30. The molecule has 1 rings (SSSR count). The maximum Gasteiger partial charge on any atom is 0.162 e. The molecular weight excluding hydrogens is 202 g/mol. The van der Waals surface area contributed by atoms with Crippen LogP contribution in [0.3, 0.4) is 0 Å². The first-order chi connectivity index (χ1) is 7.77. The second-order valence-corrected chi connectivity index (χ2v) is 3.29. The second kappa shape index (κ2) is 6.54. The highest BCUT2D eigenvalue weighted by atomic mass is 16.5. The molecule has 0 amide bonds. The Hall–Kier alpha value is -1.92. The van der Waals surface area contributed by atoms with Crippen molar-refractivity contribution in [2.24, 2.45) is 0 Å². The molecule has 0 spiro atoms. The van der Waals surface area contributed by atoms with Crippen LogP contribution in [0.25, 0.3) is 0 Å². The van der Waals surface area contributed by atoms with E-state index >= 15 is 0 Å². The fraction of sp³-hybridized carbons (Fsp3) is 0.231. The highest BCUT2D eigenvalue weighted by Crippen LogP contribution is 2.08. The molecule has 0 aliphatic rings. The molecule has 82 valence electrons. The topological polar surface area (TPSA) is 50.1 Å². The van der Waals surface area contributed by atoms with Crippen molar-refractivity contribution in [3.05, 3.63) is 48.0 Å². The summed E-state index contributed by atoms with van der Waals surface area (Å²) in [6, 6.07) is 9.13. The van der Waals surface area contributed by atoms with Crippen LogP contribution in [-0.2, 0) is 16.0 Å². The van der Waals surface area contributed by atoms with E-state index in [1.54, 1.807) is 24.3 Å². The largest absolute Gasteiger partial charge is 0.370 e. The van der Waals surface area contributed by atoms with Crippen molar-refractivity contribution >= 4 is 5.78 Å². The van der Waals surface area contributed by atoms with Gasteiger partial charge in [0.1, 0.15) is 6.61 Å². The zero-order chi connectivity index (χ0) is 11.8. The third-order valence-corrected chi connectivity index (χ3v) is 2.02. The minimum absolute atomic E-state index is 0.0375. The summed E-state index contributed by atoms with van der Waals surface area (Å²) < 4.78 is 5.04. The van der Waals surface area contributed by atoms with Gasteiger partial charge in [-0.1, -0.05) is 24.3 Å². The van der Waals surface area contributed by atoms with Gasteiger partial charge in [0.15, 0.2) is 5.78 Å². The molecule has 0 saturated carbocycles. The van der Waals surface area contributed by atoms with Crippen molar-refractivity contribution in [1.29, 1.82) is 5.26 Å². The number of hydrogen-bond acceptors (Lipinski definition) is 3. The fourth-order valence-electron chi connectivity index (χ4n) is 1.30. The van der Waals surface area contributed by atoms with Crippen LogP contribution < -0.4 is 0 Å². The van der Waals surface area contributed by atoms with Gasteiger partial charge < -0.3 is 4.74 Å². The van der Waals surface area contributed by atoms with Crippen LogP contribution in [0, 0.1) is 11.3 Å². The van der Waals surface area contributed by atoms with Crippen molar-refractivity contribution in [1.82, 2.24) is 0 Å². The van der Waals surface area contributed by atoms with Gasteiger partial charge in [0.25, 0.3) is 0 Å². The van der Waals surface area contributed by atoms with Gasteiger partial charge >= 0.3 is 0 Å². The number of nitrogens with zero attached hydrogens (tertiary/aromatic N) is 1. The molecule has 0 heterocycles. The van der Waals surface area contributed by atoms with Gasteiger partial charge in [-0.3, -0.25) is 4.79 Å². The maximum absolute atomic E-state index is 11.5. The lowest BCUT2D eigenvalue weighted by Crippen LogP contribution is -2.12.